The fourth-order valence-corrected chi connectivity index (χ4v) is 7.78. The minimum Gasteiger partial charge on any atom is -0.508 e. The number of likely N-dealkylation sites (N-methyl/N-ethyl adjacent to an activating group) is 2. The lowest BCUT2D eigenvalue weighted by Crippen LogP contribution is -2.65. The zero-order valence-corrected chi connectivity index (χ0v) is 28.1. The summed E-state index contributed by atoms with van der Waals surface area (Å²) in [4.78, 5) is 58.5. The maximum Gasteiger partial charge on any atom is 0.255 e. The van der Waals surface area contributed by atoms with E-state index < -0.39 is 64.1 Å². The molecule has 0 spiro atoms. The number of rotatable bonds is 10. The van der Waals surface area contributed by atoms with E-state index in [4.69, 9.17) is 5.73 Å². The van der Waals surface area contributed by atoms with Gasteiger partial charge in [-0.2, -0.15) is 0 Å². The molecule has 48 heavy (non-hydrogen) atoms. The molecule has 0 saturated heterocycles. The Balaban J connectivity index is 1.56. The van der Waals surface area contributed by atoms with Gasteiger partial charge in [0.05, 0.1) is 17.6 Å². The number of aromatic hydroxyl groups is 1. The monoisotopic (exact) mass is 660 g/mol. The van der Waals surface area contributed by atoms with Gasteiger partial charge in [0.25, 0.3) is 5.91 Å². The molecule has 3 aliphatic rings. The van der Waals surface area contributed by atoms with Crippen LogP contribution in [0.25, 0.3) is 5.76 Å². The lowest BCUT2D eigenvalue weighted by Gasteiger charge is -2.50. The molecule has 6 N–H and O–H groups in total. The van der Waals surface area contributed by atoms with E-state index in [1.807, 2.05) is 54.2 Å². The number of nitrogens with zero attached hydrogens (tertiary/aromatic N) is 3. The van der Waals surface area contributed by atoms with E-state index in [2.05, 4.69) is 0 Å². The number of primary amides is 1. The normalized spacial score (nSPS) is 24.4. The van der Waals surface area contributed by atoms with Crippen molar-refractivity contribution in [3.05, 3.63) is 75.6 Å². The van der Waals surface area contributed by atoms with Gasteiger partial charge in [0.1, 0.15) is 22.8 Å². The third-order valence-electron chi connectivity index (χ3n) is 10.2. The number of phenolic OH excluding ortho intramolecular Hbond substituents is 1. The Labute approximate surface area is 279 Å². The SMILES string of the molecule is CN(C)c1cc(CCC(=O)C(Cc2ccccc2)N(C)C)c(O)c2c1CC1CC3C(N(C)C)C(=O)C(C(N)=O)=C(O)C3(O)C(=O)C1=C2O. The Morgan fingerprint density at radius 3 is 2.23 bits per heavy atom. The van der Waals surface area contributed by atoms with Crippen LogP contribution in [0.1, 0.15) is 35.1 Å². The van der Waals surface area contributed by atoms with Crippen molar-refractivity contribution in [2.24, 2.45) is 17.6 Å². The number of hydrogen-bond donors (Lipinski definition) is 5. The minimum atomic E-state index is -2.71. The van der Waals surface area contributed by atoms with E-state index in [0.717, 1.165) is 5.56 Å². The third-order valence-corrected chi connectivity index (χ3v) is 10.2. The number of carbonyl (C=O) groups excluding carboxylic acids is 4. The number of hydrogen-bond acceptors (Lipinski definition) is 11. The molecule has 12 heteroatoms. The highest BCUT2D eigenvalue weighted by molar-refractivity contribution is 6.24. The Bertz CT molecular complexity index is 1750. The molecule has 0 aromatic heterocycles. The molecule has 0 radical (unpaired) electrons. The summed E-state index contributed by atoms with van der Waals surface area (Å²) >= 11 is 0. The molecule has 1 saturated carbocycles. The number of aliphatic hydroxyl groups is 3. The predicted octanol–water partition coefficient (Wildman–Crippen LogP) is 1.70. The fraction of sp³-hybridized carbons (Fsp3) is 0.444. The van der Waals surface area contributed by atoms with Gasteiger partial charge < -0.3 is 31.1 Å². The summed E-state index contributed by atoms with van der Waals surface area (Å²) in [6.45, 7) is 0. The van der Waals surface area contributed by atoms with Gasteiger partial charge in [-0.1, -0.05) is 30.3 Å². The number of aliphatic hydroxyl groups excluding tert-OH is 2. The Morgan fingerprint density at radius 2 is 1.67 bits per heavy atom. The van der Waals surface area contributed by atoms with Gasteiger partial charge in [-0.3, -0.25) is 29.0 Å². The largest absolute Gasteiger partial charge is 0.508 e. The smallest absolute Gasteiger partial charge is 0.255 e. The first-order valence-electron chi connectivity index (χ1n) is 15.9. The number of benzene rings is 2. The Kier molecular flexibility index (Phi) is 9.30. The lowest BCUT2D eigenvalue weighted by atomic mass is 9.57. The van der Waals surface area contributed by atoms with Crippen LogP contribution in [-0.4, -0.2) is 113 Å². The van der Waals surface area contributed by atoms with Gasteiger partial charge in [0.2, 0.25) is 5.78 Å². The first kappa shape index (κ1) is 34.8. The van der Waals surface area contributed by atoms with Crippen LogP contribution in [0.3, 0.4) is 0 Å². The average Bonchev–Trinajstić information content (AvgIpc) is 3.01. The number of nitrogens with two attached hydrogens (primary N) is 1. The number of Topliss-reactive ketones (excluding diaryl/α,β-unsaturated/α-hetero) is 3. The van der Waals surface area contributed by atoms with Crippen LogP contribution >= 0.6 is 0 Å². The van der Waals surface area contributed by atoms with Crippen molar-refractivity contribution in [2.75, 3.05) is 47.2 Å². The number of fused-ring (bicyclic) bond motifs is 3. The van der Waals surface area contributed by atoms with E-state index >= 15 is 0 Å². The number of anilines is 1. The van der Waals surface area contributed by atoms with Crippen molar-refractivity contribution in [1.29, 1.82) is 0 Å². The minimum absolute atomic E-state index is 0.00296. The summed E-state index contributed by atoms with van der Waals surface area (Å²) in [5, 5.41) is 46.4. The first-order chi connectivity index (χ1) is 22.5. The van der Waals surface area contributed by atoms with Crippen LogP contribution < -0.4 is 10.6 Å². The summed E-state index contributed by atoms with van der Waals surface area (Å²) in [6.07, 6.45) is 0.953. The highest BCUT2D eigenvalue weighted by atomic mass is 16.3. The quantitative estimate of drug-likeness (QED) is 0.234. The topological polar surface area (TPSA) is 185 Å². The van der Waals surface area contributed by atoms with Crippen LogP contribution in [-0.2, 0) is 38.4 Å². The predicted molar refractivity (Wildman–Crippen MR) is 180 cm³/mol. The summed E-state index contributed by atoms with van der Waals surface area (Å²) < 4.78 is 0. The summed E-state index contributed by atoms with van der Waals surface area (Å²) in [6, 6.07) is 9.91. The van der Waals surface area contributed by atoms with Crippen molar-refractivity contribution < 1.29 is 39.6 Å². The highest BCUT2D eigenvalue weighted by Crippen LogP contribution is 2.54. The van der Waals surface area contributed by atoms with Gasteiger partial charge in [-0.15, -0.1) is 0 Å². The molecule has 2 aromatic carbocycles. The molecule has 12 nitrogen and oxygen atoms in total. The fourth-order valence-electron chi connectivity index (χ4n) is 7.78. The zero-order valence-electron chi connectivity index (χ0n) is 28.1. The van der Waals surface area contributed by atoms with Gasteiger partial charge in [-0.25, -0.2) is 0 Å². The number of phenols is 1. The van der Waals surface area contributed by atoms with E-state index in [0.29, 0.717) is 23.2 Å². The van der Waals surface area contributed by atoms with Crippen LogP contribution in [0.5, 0.6) is 5.75 Å². The summed E-state index contributed by atoms with van der Waals surface area (Å²) in [7, 11) is 10.4. The van der Waals surface area contributed by atoms with Gasteiger partial charge in [-0.05, 0) is 82.5 Å². The molecular formula is C36H44N4O8. The first-order valence-corrected chi connectivity index (χ1v) is 15.9. The molecule has 0 bridgehead atoms. The molecule has 1 fully saturated rings. The molecule has 2 aromatic rings. The third kappa shape index (κ3) is 5.57. The Morgan fingerprint density at radius 1 is 1.02 bits per heavy atom. The van der Waals surface area contributed by atoms with Crippen molar-refractivity contribution in [3.63, 3.8) is 0 Å². The van der Waals surface area contributed by atoms with Crippen LogP contribution in [0.2, 0.25) is 0 Å². The van der Waals surface area contributed by atoms with Crippen LogP contribution in [0, 0.1) is 11.8 Å². The van der Waals surface area contributed by atoms with E-state index in [9.17, 15) is 39.6 Å². The van der Waals surface area contributed by atoms with E-state index in [-0.39, 0.29) is 48.4 Å². The molecule has 3 aliphatic carbocycles. The standard InChI is InChI=1S/C36H44N4O8/c1-38(2)23-17-19(12-13-25(41)24(39(3)4)14-18-10-8-7-9-11-18)30(42)27-21(23)15-20-16-22-29(40(5)6)32(44)28(35(37)47)34(46)36(22,48)33(45)26(20)31(27)43/h7-11,17,20,22,24,29,42-43,46,48H,12-16H2,1-6H3,(H2,37,47). The zero-order chi connectivity index (χ0) is 35.4. The average molecular weight is 661 g/mol. The molecule has 256 valence electrons. The molecule has 0 heterocycles. The van der Waals surface area contributed by atoms with E-state index in [1.165, 1.54) is 4.90 Å². The van der Waals surface area contributed by atoms with Crippen LogP contribution in [0.4, 0.5) is 5.69 Å². The van der Waals surface area contributed by atoms with Gasteiger partial charge in [0, 0.05) is 37.7 Å². The molecule has 5 atom stereocenters. The second-order valence-electron chi connectivity index (χ2n) is 13.7. The van der Waals surface area contributed by atoms with Gasteiger partial charge >= 0.3 is 0 Å². The molecular weight excluding hydrogens is 616 g/mol. The molecule has 5 rings (SSSR count). The summed E-state index contributed by atoms with van der Waals surface area (Å²) in [5.74, 6) is -7.00. The van der Waals surface area contributed by atoms with E-state index in [1.54, 1.807) is 34.3 Å². The van der Waals surface area contributed by atoms with Gasteiger partial charge in [0.15, 0.2) is 17.2 Å². The lowest BCUT2D eigenvalue weighted by molar-refractivity contribution is -0.153. The second kappa shape index (κ2) is 12.8. The van der Waals surface area contributed by atoms with Crippen molar-refractivity contribution in [1.82, 2.24) is 9.80 Å². The maximum atomic E-state index is 14.2. The number of aryl methyl sites for hydroxylation is 1. The molecule has 1 amide bonds. The number of carbonyl (C=O) groups is 4. The number of ketones is 3. The summed E-state index contributed by atoms with van der Waals surface area (Å²) in [5.41, 5.74) is 4.28. The Hall–Kier alpha value is -4.52. The number of amides is 1. The van der Waals surface area contributed by atoms with Crippen molar-refractivity contribution in [2.45, 2.75) is 49.8 Å². The van der Waals surface area contributed by atoms with Crippen molar-refractivity contribution >= 4 is 34.7 Å². The molecule has 0 aliphatic heterocycles. The maximum absolute atomic E-state index is 14.2. The highest BCUT2D eigenvalue weighted by Gasteiger charge is 2.64. The van der Waals surface area contributed by atoms with Crippen LogP contribution in [0.15, 0.2) is 53.3 Å². The molecule has 5 unspecified atom stereocenters. The van der Waals surface area contributed by atoms with Crippen molar-refractivity contribution in [3.8, 4) is 5.75 Å². The second-order valence-corrected chi connectivity index (χ2v) is 13.7.